The van der Waals surface area contributed by atoms with Gasteiger partial charge in [-0.05, 0) is 61.1 Å². The Kier molecular flexibility index (Phi) is 18.5. The molecule has 0 bridgehead atoms. The molecule has 3 aromatic rings. The van der Waals surface area contributed by atoms with Gasteiger partial charge in [0.15, 0.2) is 6.54 Å². The predicted octanol–water partition coefficient (Wildman–Crippen LogP) is 15.7. The monoisotopic (exact) mass is 757 g/mol. The van der Waals surface area contributed by atoms with Gasteiger partial charge in [-0.25, -0.2) is 0 Å². The molecule has 2 heterocycles. The highest BCUT2D eigenvalue weighted by Crippen LogP contribution is 2.46. The minimum Gasteiger partial charge on any atom is -0.335 e. The molecule has 0 fully saturated rings. The number of fused-ring (bicyclic) bond motifs is 2. The summed E-state index contributed by atoms with van der Waals surface area (Å²) in [6.45, 7) is 6.76. The van der Waals surface area contributed by atoms with Crippen LogP contribution in [0.3, 0.4) is 0 Å². The Balaban J connectivity index is 1.16. The number of hydrogen-bond donors (Lipinski definition) is 0. The molecule has 0 atom stereocenters. The van der Waals surface area contributed by atoms with E-state index in [4.69, 9.17) is 11.6 Å². The molecular formula is C47H66ClN2S2+. The summed E-state index contributed by atoms with van der Waals surface area (Å²) in [7, 11) is 0. The van der Waals surface area contributed by atoms with E-state index in [2.05, 4.69) is 96.1 Å². The van der Waals surface area contributed by atoms with Crippen LogP contribution in [-0.4, -0.2) is 6.54 Å². The number of hydrogen-bond acceptors (Lipinski definition) is 3. The minimum atomic E-state index is 0.942. The number of benzene rings is 2. The lowest BCUT2D eigenvalue weighted by Crippen LogP contribution is -2.35. The van der Waals surface area contributed by atoms with Crippen LogP contribution in [0.2, 0.25) is 0 Å². The van der Waals surface area contributed by atoms with Gasteiger partial charge in [-0.2, -0.15) is 4.57 Å². The molecule has 0 radical (unpaired) electrons. The lowest BCUT2D eigenvalue weighted by Gasteiger charge is -2.20. The van der Waals surface area contributed by atoms with E-state index >= 15 is 0 Å². The molecule has 0 saturated carbocycles. The highest BCUT2D eigenvalue weighted by molar-refractivity contribution is 8.03. The van der Waals surface area contributed by atoms with Crippen LogP contribution in [0.25, 0.3) is 16.3 Å². The van der Waals surface area contributed by atoms with Crippen molar-refractivity contribution in [2.24, 2.45) is 0 Å². The van der Waals surface area contributed by atoms with Gasteiger partial charge in [-0.3, -0.25) is 0 Å². The largest absolute Gasteiger partial charge is 0.335 e. The first kappa shape index (κ1) is 40.9. The number of aryl methyl sites for hydroxylation is 1. The number of unbranched alkanes of at least 4 members (excludes halogenated alkanes) is 18. The van der Waals surface area contributed by atoms with Gasteiger partial charge in [-0.1, -0.05) is 194 Å². The summed E-state index contributed by atoms with van der Waals surface area (Å²) in [6, 6.07) is 17.8. The van der Waals surface area contributed by atoms with E-state index in [1.165, 1.54) is 170 Å². The van der Waals surface area contributed by atoms with Gasteiger partial charge in [0, 0.05) is 35.0 Å². The van der Waals surface area contributed by atoms with Crippen LogP contribution < -0.4 is 9.47 Å². The van der Waals surface area contributed by atoms with Crippen molar-refractivity contribution in [3.63, 3.8) is 0 Å². The van der Waals surface area contributed by atoms with Gasteiger partial charge in [0.1, 0.15) is 4.70 Å². The summed E-state index contributed by atoms with van der Waals surface area (Å²) in [6.07, 6.45) is 38.6. The van der Waals surface area contributed by atoms with Gasteiger partial charge < -0.3 is 4.90 Å². The standard InChI is InChI=1S/C47H66ClN2S2/c1-3-5-7-9-11-13-15-17-19-25-37-49-41-27-21-23-29-43(41)51-45(49)35-33-39-31-32-40(47(39)48)34-36-46-50(42-28-22-24-30-44(42)52-46)38-26-20-18-16-14-12-10-8-6-4-2/h21-24,27-30,33-36H,3-20,25-26,31-32,37-38H2,1-2H3/q+1. The molecule has 52 heavy (non-hydrogen) atoms. The van der Waals surface area contributed by atoms with Gasteiger partial charge in [0.05, 0.1) is 10.7 Å². The van der Waals surface area contributed by atoms with E-state index in [0.717, 1.165) is 31.0 Å². The van der Waals surface area contributed by atoms with Crippen molar-refractivity contribution in [1.82, 2.24) is 0 Å². The second-order valence-corrected chi connectivity index (χ2v) is 17.5. The van der Waals surface area contributed by atoms with Crippen molar-refractivity contribution in [2.75, 3.05) is 11.4 Å². The number of rotatable bonds is 25. The normalized spacial score (nSPS) is 16.2. The first-order chi connectivity index (χ1) is 25.7. The number of anilines is 1. The van der Waals surface area contributed by atoms with Crippen LogP contribution in [0.4, 0.5) is 5.69 Å². The Hall–Kier alpha value is -2.27. The zero-order chi connectivity index (χ0) is 36.2. The fourth-order valence-electron chi connectivity index (χ4n) is 7.68. The number of halogens is 1. The van der Waals surface area contributed by atoms with E-state index < -0.39 is 0 Å². The van der Waals surface area contributed by atoms with Crippen molar-refractivity contribution in [1.29, 1.82) is 0 Å². The topological polar surface area (TPSA) is 7.12 Å². The minimum absolute atomic E-state index is 0.942. The summed E-state index contributed by atoms with van der Waals surface area (Å²) < 4.78 is 3.91. The van der Waals surface area contributed by atoms with Crippen LogP contribution in [-0.2, 0) is 6.54 Å². The number of allylic oxidation sites excluding steroid dienone is 6. The number of thioether (sulfide) groups is 1. The summed E-state index contributed by atoms with van der Waals surface area (Å²) in [5.41, 5.74) is 5.25. The van der Waals surface area contributed by atoms with Crippen molar-refractivity contribution < 1.29 is 4.57 Å². The van der Waals surface area contributed by atoms with Gasteiger partial charge in [-0.15, -0.1) is 0 Å². The maximum absolute atomic E-state index is 7.11. The van der Waals surface area contributed by atoms with E-state index in [1.54, 1.807) is 0 Å². The average molecular weight is 759 g/mol. The quantitative estimate of drug-likeness (QED) is 0.0628. The van der Waals surface area contributed by atoms with E-state index in [-0.39, 0.29) is 0 Å². The third-order valence-electron chi connectivity index (χ3n) is 10.8. The zero-order valence-corrected chi connectivity index (χ0v) is 34.9. The Labute approximate surface area is 330 Å². The average Bonchev–Trinajstić information content (AvgIpc) is 3.83. The molecule has 1 aromatic heterocycles. The van der Waals surface area contributed by atoms with Gasteiger partial charge in [0.25, 0.3) is 5.01 Å². The predicted molar refractivity (Wildman–Crippen MR) is 233 cm³/mol. The fourth-order valence-corrected chi connectivity index (χ4v) is 10.2. The summed E-state index contributed by atoms with van der Waals surface area (Å²) in [4.78, 5) is 3.91. The molecule has 0 amide bonds. The SMILES string of the molecule is CCCCCCCCCCCCN1C(=CC=C2CCC(C=Cc3sc4ccccc4[n+]3CCCCCCCCCCCC)=C2Cl)Sc2ccccc21. The second kappa shape index (κ2) is 23.5. The zero-order valence-electron chi connectivity index (χ0n) is 32.5. The lowest BCUT2D eigenvalue weighted by molar-refractivity contribution is -0.669. The third-order valence-corrected chi connectivity index (χ3v) is 13.6. The van der Waals surface area contributed by atoms with Crippen molar-refractivity contribution in [3.05, 3.63) is 93.0 Å². The molecule has 1 aliphatic heterocycles. The fraction of sp³-hybridized carbons (Fsp3) is 0.553. The van der Waals surface area contributed by atoms with E-state index in [0.29, 0.717) is 0 Å². The summed E-state index contributed by atoms with van der Waals surface area (Å²) >= 11 is 10.9. The molecule has 2 aromatic carbocycles. The smallest absolute Gasteiger partial charge is 0.262 e. The van der Waals surface area contributed by atoms with Crippen LogP contribution >= 0.6 is 34.7 Å². The van der Waals surface area contributed by atoms with Crippen molar-refractivity contribution in [3.8, 4) is 0 Å². The highest BCUT2D eigenvalue weighted by Gasteiger charge is 2.25. The molecule has 1 aliphatic carbocycles. The van der Waals surface area contributed by atoms with Crippen molar-refractivity contribution in [2.45, 2.75) is 167 Å². The van der Waals surface area contributed by atoms with Crippen LogP contribution in [0, 0.1) is 0 Å². The second-order valence-electron chi connectivity index (χ2n) is 15.0. The number of aromatic nitrogens is 1. The Morgan fingerprint density at radius 1 is 0.654 bits per heavy atom. The number of para-hydroxylation sites is 2. The lowest BCUT2D eigenvalue weighted by atomic mass is 10.1. The van der Waals surface area contributed by atoms with Crippen molar-refractivity contribution >= 4 is 56.7 Å². The summed E-state index contributed by atoms with van der Waals surface area (Å²) in [5, 5.41) is 3.60. The first-order valence-electron chi connectivity index (χ1n) is 21.1. The Bertz CT molecular complexity index is 1630. The molecule has 2 nitrogen and oxygen atoms in total. The molecule has 2 aliphatic rings. The molecule has 5 heteroatoms. The summed E-state index contributed by atoms with van der Waals surface area (Å²) in [5.74, 6) is 0. The van der Waals surface area contributed by atoms with E-state index in [9.17, 15) is 0 Å². The molecular weight excluding hydrogens is 692 g/mol. The Morgan fingerprint density at radius 2 is 1.25 bits per heavy atom. The van der Waals surface area contributed by atoms with Crippen LogP contribution in [0.15, 0.2) is 92.9 Å². The molecule has 0 spiro atoms. The van der Waals surface area contributed by atoms with Gasteiger partial charge in [0.2, 0.25) is 5.52 Å². The van der Waals surface area contributed by atoms with E-state index in [1.807, 2.05) is 23.1 Å². The first-order valence-corrected chi connectivity index (χ1v) is 23.1. The number of thiazole rings is 1. The van der Waals surface area contributed by atoms with Crippen LogP contribution in [0.1, 0.15) is 160 Å². The maximum atomic E-state index is 7.11. The third kappa shape index (κ3) is 12.7. The molecule has 0 N–H and O–H groups in total. The molecule has 0 unspecified atom stereocenters. The molecule has 5 rings (SSSR count). The Morgan fingerprint density at radius 3 is 1.94 bits per heavy atom. The maximum Gasteiger partial charge on any atom is 0.262 e. The number of nitrogens with zero attached hydrogens (tertiary/aromatic N) is 2. The highest BCUT2D eigenvalue weighted by atomic mass is 35.5. The van der Waals surface area contributed by atoms with Crippen LogP contribution in [0.5, 0.6) is 0 Å². The molecule has 282 valence electrons. The molecule has 0 saturated heterocycles. The van der Waals surface area contributed by atoms with Gasteiger partial charge >= 0.3 is 0 Å².